The van der Waals surface area contributed by atoms with Gasteiger partial charge < -0.3 is 4.74 Å². The van der Waals surface area contributed by atoms with Crippen molar-refractivity contribution in [1.82, 2.24) is 20.2 Å². The van der Waals surface area contributed by atoms with Gasteiger partial charge in [0.05, 0.1) is 11.6 Å². The maximum Gasteiger partial charge on any atom is 0.138 e. The Kier molecular flexibility index (Phi) is 5.71. The number of hydrazine groups is 1. The van der Waals surface area contributed by atoms with Crippen molar-refractivity contribution in [3.8, 4) is 0 Å². The Bertz CT molecular complexity index is 340. The lowest BCUT2D eigenvalue weighted by Crippen LogP contribution is -2.55. The van der Waals surface area contributed by atoms with E-state index >= 15 is 0 Å². The molecule has 0 spiro atoms. The van der Waals surface area contributed by atoms with Crippen LogP contribution < -0.4 is 11.3 Å². The van der Waals surface area contributed by atoms with Crippen LogP contribution in [0.1, 0.15) is 39.4 Å². The van der Waals surface area contributed by atoms with Gasteiger partial charge in [0.25, 0.3) is 0 Å². The predicted molar refractivity (Wildman–Crippen MR) is 70.8 cm³/mol. The molecule has 0 fully saturated rings. The van der Waals surface area contributed by atoms with Crippen LogP contribution in [0.15, 0.2) is 6.33 Å². The van der Waals surface area contributed by atoms with Gasteiger partial charge in [-0.2, -0.15) is 5.10 Å². The molecule has 6 heteroatoms. The first kappa shape index (κ1) is 15.1. The van der Waals surface area contributed by atoms with Gasteiger partial charge >= 0.3 is 0 Å². The molecular weight excluding hydrogens is 230 g/mol. The summed E-state index contributed by atoms with van der Waals surface area (Å²) >= 11 is 0. The van der Waals surface area contributed by atoms with Gasteiger partial charge in [-0.15, -0.1) is 0 Å². The Morgan fingerprint density at radius 2 is 2.11 bits per heavy atom. The first-order valence-corrected chi connectivity index (χ1v) is 6.55. The zero-order valence-electron chi connectivity index (χ0n) is 11.8. The number of rotatable bonds is 8. The molecule has 0 aromatic carbocycles. The maximum absolute atomic E-state index is 5.71. The number of ether oxygens (including phenoxy) is 1. The van der Waals surface area contributed by atoms with Gasteiger partial charge in [-0.25, -0.2) is 4.98 Å². The Hall–Kier alpha value is -0.980. The van der Waals surface area contributed by atoms with Gasteiger partial charge in [-0.3, -0.25) is 16.0 Å². The topological polar surface area (TPSA) is 78.0 Å². The molecule has 1 heterocycles. The molecular formula is C12H25N5O. The average Bonchev–Trinajstić information content (AvgIpc) is 2.87. The van der Waals surface area contributed by atoms with Crippen LogP contribution in [-0.4, -0.2) is 33.5 Å². The van der Waals surface area contributed by atoms with Crippen LogP contribution >= 0.6 is 0 Å². The van der Waals surface area contributed by atoms with E-state index in [1.54, 1.807) is 13.4 Å². The van der Waals surface area contributed by atoms with Gasteiger partial charge in [0.2, 0.25) is 0 Å². The Morgan fingerprint density at radius 1 is 1.44 bits per heavy atom. The highest BCUT2D eigenvalue weighted by Gasteiger charge is 2.36. The van der Waals surface area contributed by atoms with Crippen LogP contribution in [0.25, 0.3) is 0 Å². The van der Waals surface area contributed by atoms with Crippen LogP contribution in [0.3, 0.4) is 0 Å². The number of aromatic nitrogens is 3. The fraction of sp³-hybridized carbons (Fsp3) is 0.833. The highest BCUT2D eigenvalue weighted by atomic mass is 16.5. The number of nitrogens with two attached hydrogens (primary N) is 1. The Labute approximate surface area is 109 Å². The SMILES string of the molecule is CCn1ncnc1CC(NN)C(CC)(CC)OC. The lowest BCUT2D eigenvalue weighted by molar-refractivity contribution is -0.0479. The third-order valence-electron chi connectivity index (χ3n) is 3.82. The van der Waals surface area contributed by atoms with Crippen molar-refractivity contribution in [2.45, 2.75) is 58.2 Å². The fourth-order valence-electron chi connectivity index (χ4n) is 2.46. The van der Waals surface area contributed by atoms with Crippen LogP contribution in [0.4, 0.5) is 0 Å². The molecule has 0 radical (unpaired) electrons. The van der Waals surface area contributed by atoms with Gasteiger partial charge in [0.1, 0.15) is 12.2 Å². The van der Waals surface area contributed by atoms with E-state index in [4.69, 9.17) is 10.6 Å². The van der Waals surface area contributed by atoms with Crippen molar-refractivity contribution in [3.63, 3.8) is 0 Å². The smallest absolute Gasteiger partial charge is 0.138 e. The first-order valence-electron chi connectivity index (χ1n) is 6.55. The molecule has 1 unspecified atom stereocenters. The predicted octanol–water partition coefficient (Wildman–Crippen LogP) is 0.878. The number of aryl methyl sites for hydroxylation is 1. The van der Waals surface area contributed by atoms with Crippen LogP contribution in [-0.2, 0) is 17.7 Å². The molecule has 0 saturated heterocycles. The summed E-state index contributed by atoms with van der Waals surface area (Å²) in [5, 5.41) is 4.18. The molecule has 6 nitrogen and oxygen atoms in total. The van der Waals surface area contributed by atoms with E-state index in [-0.39, 0.29) is 11.6 Å². The molecule has 0 aliphatic rings. The summed E-state index contributed by atoms with van der Waals surface area (Å²) in [4.78, 5) is 4.29. The number of methoxy groups -OCH3 is 1. The molecule has 0 amide bonds. The summed E-state index contributed by atoms with van der Waals surface area (Å²) < 4.78 is 7.60. The monoisotopic (exact) mass is 255 g/mol. The van der Waals surface area contributed by atoms with E-state index in [1.165, 1.54) is 0 Å². The molecule has 0 saturated carbocycles. The van der Waals surface area contributed by atoms with E-state index in [0.29, 0.717) is 6.42 Å². The minimum Gasteiger partial charge on any atom is -0.377 e. The quantitative estimate of drug-likeness (QED) is 0.532. The number of nitrogens with zero attached hydrogens (tertiary/aromatic N) is 3. The van der Waals surface area contributed by atoms with E-state index in [1.807, 2.05) is 11.6 Å². The third kappa shape index (κ3) is 2.88. The summed E-state index contributed by atoms with van der Waals surface area (Å²) in [5.74, 6) is 6.64. The first-order chi connectivity index (χ1) is 8.67. The number of hydrogen-bond donors (Lipinski definition) is 2. The van der Waals surface area contributed by atoms with E-state index in [9.17, 15) is 0 Å². The summed E-state index contributed by atoms with van der Waals surface area (Å²) in [6.07, 6.45) is 4.09. The van der Waals surface area contributed by atoms with Crippen molar-refractivity contribution < 1.29 is 4.74 Å². The zero-order chi connectivity index (χ0) is 13.6. The van der Waals surface area contributed by atoms with Crippen molar-refractivity contribution >= 4 is 0 Å². The molecule has 1 rings (SSSR count). The molecule has 1 aromatic rings. The Balaban J connectivity index is 2.90. The van der Waals surface area contributed by atoms with E-state index in [2.05, 4.69) is 29.4 Å². The lowest BCUT2D eigenvalue weighted by atomic mass is 9.86. The van der Waals surface area contributed by atoms with E-state index < -0.39 is 0 Å². The molecule has 0 aliphatic carbocycles. The highest BCUT2D eigenvalue weighted by Crippen LogP contribution is 2.25. The summed E-state index contributed by atoms with van der Waals surface area (Å²) in [6.45, 7) is 7.08. The van der Waals surface area contributed by atoms with Crippen LogP contribution in [0.2, 0.25) is 0 Å². The lowest BCUT2D eigenvalue weighted by Gasteiger charge is -2.37. The standard InChI is InChI=1S/C12H25N5O/c1-5-12(6-2,18-4)10(16-13)8-11-14-9-15-17(11)7-3/h9-10,16H,5-8,13H2,1-4H3. The van der Waals surface area contributed by atoms with Crippen molar-refractivity contribution in [2.75, 3.05) is 7.11 Å². The molecule has 0 bridgehead atoms. The number of hydrogen-bond acceptors (Lipinski definition) is 5. The zero-order valence-corrected chi connectivity index (χ0v) is 11.8. The van der Waals surface area contributed by atoms with Gasteiger partial charge in [-0.1, -0.05) is 13.8 Å². The Morgan fingerprint density at radius 3 is 2.56 bits per heavy atom. The van der Waals surface area contributed by atoms with Gasteiger partial charge in [0.15, 0.2) is 0 Å². The summed E-state index contributed by atoms with van der Waals surface area (Å²) in [6, 6.07) is 0.0204. The fourth-order valence-corrected chi connectivity index (χ4v) is 2.46. The molecule has 1 aromatic heterocycles. The summed E-state index contributed by atoms with van der Waals surface area (Å²) in [5.41, 5.74) is 2.61. The number of nitrogens with one attached hydrogen (secondary N) is 1. The van der Waals surface area contributed by atoms with Crippen molar-refractivity contribution in [2.24, 2.45) is 5.84 Å². The second-order valence-electron chi connectivity index (χ2n) is 4.39. The maximum atomic E-state index is 5.71. The van der Waals surface area contributed by atoms with Crippen LogP contribution in [0, 0.1) is 0 Å². The largest absolute Gasteiger partial charge is 0.377 e. The van der Waals surface area contributed by atoms with Gasteiger partial charge in [0, 0.05) is 20.1 Å². The molecule has 18 heavy (non-hydrogen) atoms. The van der Waals surface area contributed by atoms with Crippen molar-refractivity contribution in [3.05, 3.63) is 12.2 Å². The minimum atomic E-state index is -0.265. The van der Waals surface area contributed by atoms with Crippen LogP contribution in [0.5, 0.6) is 0 Å². The van der Waals surface area contributed by atoms with Gasteiger partial charge in [-0.05, 0) is 19.8 Å². The van der Waals surface area contributed by atoms with Crippen molar-refractivity contribution in [1.29, 1.82) is 0 Å². The molecule has 104 valence electrons. The summed E-state index contributed by atoms with van der Waals surface area (Å²) in [7, 11) is 1.74. The highest BCUT2D eigenvalue weighted by molar-refractivity contribution is 4.98. The molecule has 0 aliphatic heterocycles. The second kappa shape index (κ2) is 6.82. The third-order valence-corrected chi connectivity index (χ3v) is 3.82. The minimum absolute atomic E-state index is 0.0204. The van der Waals surface area contributed by atoms with E-state index in [0.717, 1.165) is 25.2 Å². The molecule has 1 atom stereocenters. The second-order valence-corrected chi connectivity index (χ2v) is 4.39. The molecule has 3 N–H and O–H groups in total. The normalized spacial score (nSPS) is 13.8. The average molecular weight is 255 g/mol.